The minimum absolute atomic E-state index is 0.562. The van der Waals surface area contributed by atoms with Crippen LogP contribution in [0.4, 0.5) is 0 Å². The molecule has 70 valence electrons. The number of nitrogens with zero attached hydrogens (tertiary/aromatic N) is 1. The largest absolute Gasteiger partial charge is 0.377 e. The average molecular weight is 169 g/mol. The maximum absolute atomic E-state index is 5.77. The van der Waals surface area contributed by atoms with Crippen molar-refractivity contribution in [2.45, 2.75) is 32.3 Å². The van der Waals surface area contributed by atoms with Gasteiger partial charge in [0.2, 0.25) is 0 Å². The smallest absolute Gasteiger partial charge is 0.0730 e. The summed E-state index contributed by atoms with van der Waals surface area (Å²) in [5.74, 6) is 0.876. The van der Waals surface area contributed by atoms with Gasteiger partial charge in [0.15, 0.2) is 0 Å². The van der Waals surface area contributed by atoms with Crippen LogP contribution in [-0.4, -0.2) is 37.2 Å². The molecular weight excluding hydrogens is 150 g/mol. The number of likely N-dealkylation sites (N-methyl/N-ethyl adjacent to an activating group) is 1. The van der Waals surface area contributed by atoms with Crippen molar-refractivity contribution in [3.8, 4) is 0 Å². The summed E-state index contributed by atoms with van der Waals surface area (Å²) in [6, 6.07) is 0. The van der Waals surface area contributed by atoms with Gasteiger partial charge in [0.25, 0.3) is 0 Å². The number of piperidine rings is 1. The minimum Gasteiger partial charge on any atom is -0.377 e. The van der Waals surface area contributed by atoms with Crippen LogP contribution in [-0.2, 0) is 4.74 Å². The van der Waals surface area contributed by atoms with Crippen LogP contribution in [0.2, 0.25) is 0 Å². The van der Waals surface area contributed by atoms with Crippen LogP contribution in [0.3, 0.4) is 0 Å². The van der Waals surface area contributed by atoms with E-state index in [1.54, 1.807) is 0 Å². The first-order valence-corrected chi connectivity index (χ1v) is 5.24. The fourth-order valence-electron chi connectivity index (χ4n) is 2.42. The van der Waals surface area contributed by atoms with Crippen LogP contribution in [0.1, 0.15) is 26.2 Å². The molecule has 12 heavy (non-hydrogen) atoms. The molecule has 0 saturated carbocycles. The van der Waals surface area contributed by atoms with Gasteiger partial charge in [0.1, 0.15) is 0 Å². The van der Waals surface area contributed by atoms with E-state index in [9.17, 15) is 0 Å². The highest BCUT2D eigenvalue weighted by Gasteiger charge is 2.31. The van der Waals surface area contributed by atoms with E-state index in [-0.39, 0.29) is 0 Å². The van der Waals surface area contributed by atoms with E-state index in [1.807, 2.05) is 0 Å². The van der Waals surface area contributed by atoms with Gasteiger partial charge in [-0.2, -0.15) is 0 Å². The topological polar surface area (TPSA) is 12.5 Å². The van der Waals surface area contributed by atoms with Gasteiger partial charge in [-0.15, -0.1) is 0 Å². The van der Waals surface area contributed by atoms with E-state index in [0.717, 1.165) is 12.5 Å². The van der Waals surface area contributed by atoms with Crippen LogP contribution < -0.4 is 0 Å². The highest BCUT2D eigenvalue weighted by atomic mass is 16.5. The minimum atomic E-state index is 0.562. The summed E-state index contributed by atoms with van der Waals surface area (Å²) >= 11 is 0. The van der Waals surface area contributed by atoms with Crippen LogP contribution in [0.15, 0.2) is 0 Å². The molecule has 0 aliphatic carbocycles. The van der Waals surface area contributed by atoms with E-state index in [2.05, 4.69) is 11.8 Å². The summed E-state index contributed by atoms with van der Waals surface area (Å²) in [6.07, 6.45) is 4.61. The number of likely N-dealkylation sites (tertiary alicyclic amines) is 1. The molecule has 2 saturated heterocycles. The molecule has 0 radical (unpaired) electrons. The Hall–Kier alpha value is -0.0800. The first-order chi connectivity index (χ1) is 5.90. The Morgan fingerprint density at radius 3 is 3.17 bits per heavy atom. The molecule has 0 spiro atoms. The third-order valence-corrected chi connectivity index (χ3v) is 3.28. The Labute approximate surface area is 74.9 Å². The van der Waals surface area contributed by atoms with E-state index >= 15 is 0 Å². The quantitative estimate of drug-likeness (QED) is 0.590. The summed E-state index contributed by atoms with van der Waals surface area (Å²) in [7, 11) is 0. The maximum Gasteiger partial charge on any atom is 0.0730 e. The Balaban J connectivity index is 1.90. The normalized spacial score (nSPS) is 37.8. The molecule has 0 bridgehead atoms. The van der Waals surface area contributed by atoms with Crippen molar-refractivity contribution >= 4 is 0 Å². The second-order valence-electron chi connectivity index (χ2n) is 3.99. The third-order valence-electron chi connectivity index (χ3n) is 3.28. The monoisotopic (exact) mass is 169 g/mol. The molecule has 0 amide bonds. The van der Waals surface area contributed by atoms with Crippen molar-refractivity contribution in [2.24, 2.45) is 5.92 Å². The van der Waals surface area contributed by atoms with Crippen LogP contribution in [0, 0.1) is 5.92 Å². The molecule has 0 N–H and O–H groups in total. The van der Waals surface area contributed by atoms with Crippen LogP contribution in [0.25, 0.3) is 0 Å². The van der Waals surface area contributed by atoms with E-state index < -0.39 is 0 Å². The van der Waals surface area contributed by atoms with Crippen LogP contribution in [0.5, 0.6) is 0 Å². The number of fused-ring (bicyclic) bond motifs is 1. The highest BCUT2D eigenvalue weighted by molar-refractivity contribution is 4.82. The van der Waals surface area contributed by atoms with Gasteiger partial charge in [0.05, 0.1) is 6.10 Å². The zero-order valence-corrected chi connectivity index (χ0v) is 7.96. The highest BCUT2D eigenvalue weighted by Crippen LogP contribution is 2.28. The summed E-state index contributed by atoms with van der Waals surface area (Å²) in [5.41, 5.74) is 0. The van der Waals surface area contributed by atoms with Crippen LogP contribution >= 0.6 is 0 Å². The predicted molar refractivity (Wildman–Crippen MR) is 49.2 cm³/mol. The predicted octanol–water partition coefficient (Wildman–Crippen LogP) is 1.51. The molecule has 2 aliphatic rings. The first kappa shape index (κ1) is 8.52. The lowest BCUT2D eigenvalue weighted by Crippen LogP contribution is -2.46. The molecule has 2 unspecified atom stereocenters. The molecule has 0 aromatic rings. The number of hydrogen-bond donors (Lipinski definition) is 0. The van der Waals surface area contributed by atoms with E-state index in [1.165, 1.54) is 38.9 Å². The lowest BCUT2D eigenvalue weighted by molar-refractivity contribution is -0.0680. The summed E-state index contributed by atoms with van der Waals surface area (Å²) in [4.78, 5) is 2.51. The molecule has 2 fully saturated rings. The van der Waals surface area contributed by atoms with Gasteiger partial charge < -0.3 is 9.64 Å². The lowest BCUT2D eigenvalue weighted by atomic mass is 9.88. The summed E-state index contributed by atoms with van der Waals surface area (Å²) in [5, 5.41) is 0. The second kappa shape index (κ2) is 3.75. The Kier molecular flexibility index (Phi) is 2.66. The molecule has 2 rings (SSSR count). The maximum atomic E-state index is 5.77. The Morgan fingerprint density at radius 1 is 1.42 bits per heavy atom. The van der Waals surface area contributed by atoms with Gasteiger partial charge in [-0.1, -0.05) is 6.92 Å². The number of rotatable bonds is 1. The molecule has 2 atom stereocenters. The number of ether oxygens (including phenoxy) is 1. The molecule has 2 heteroatoms. The Morgan fingerprint density at radius 2 is 2.33 bits per heavy atom. The number of hydrogen-bond acceptors (Lipinski definition) is 2. The van der Waals surface area contributed by atoms with Crippen molar-refractivity contribution < 1.29 is 4.74 Å². The zero-order valence-electron chi connectivity index (χ0n) is 7.96. The second-order valence-corrected chi connectivity index (χ2v) is 3.99. The zero-order chi connectivity index (χ0) is 8.39. The molecule has 0 aromatic carbocycles. The van der Waals surface area contributed by atoms with Gasteiger partial charge >= 0.3 is 0 Å². The van der Waals surface area contributed by atoms with E-state index in [4.69, 9.17) is 4.74 Å². The first-order valence-electron chi connectivity index (χ1n) is 5.24. The van der Waals surface area contributed by atoms with Crippen molar-refractivity contribution in [1.29, 1.82) is 0 Å². The fourth-order valence-corrected chi connectivity index (χ4v) is 2.42. The van der Waals surface area contributed by atoms with Gasteiger partial charge in [-0.05, 0) is 38.3 Å². The molecular formula is C10H19NO. The lowest BCUT2D eigenvalue weighted by Gasteiger charge is -2.40. The summed E-state index contributed by atoms with van der Waals surface area (Å²) in [6.45, 7) is 6.90. The fraction of sp³-hybridized carbons (Fsp3) is 1.00. The Bertz CT molecular complexity index is 149. The molecule has 2 heterocycles. The van der Waals surface area contributed by atoms with Gasteiger partial charge in [0, 0.05) is 13.2 Å². The average Bonchev–Trinajstić information content (AvgIpc) is 2.17. The third kappa shape index (κ3) is 1.64. The van der Waals surface area contributed by atoms with Gasteiger partial charge in [-0.25, -0.2) is 0 Å². The van der Waals surface area contributed by atoms with Crippen molar-refractivity contribution in [3.05, 3.63) is 0 Å². The van der Waals surface area contributed by atoms with Crippen molar-refractivity contribution in [3.63, 3.8) is 0 Å². The van der Waals surface area contributed by atoms with Crippen molar-refractivity contribution in [1.82, 2.24) is 4.90 Å². The standard InChI is InChI=1S/C10H19NO/c1-2-11-6-5-9-4-3-7-12-10(9)8-11/h9-10H,2-8H2,1H3. The van der Waals surface area contributed by atoms with Gasteiger partial charge in [-0.3, -0.25) is 0 Å². The molecule has 0 aromatic heterocycles. The van der Waals surface area contributed by atoms with Crippen molar-refractivity contribution in [2.75, 3.05) is 26.2 Å². The molecule has 2 nitrogen and oxygen atoms in total. The SMILES string of the molecule is CCN1CCC2CCCOC2C1. The summed E-state index contributed by atoms with van der Waals surface area (Å²) < 4.78 is 5.77. The van der Waals surface area contributed by atoms with E-state index in [0.29, 0.717) is 6.10 Å². The molecule has 2 aliphatic heterocycles.